The Labute approximate surface area is 122 Å². The Balaban J connectivity index is 2.29. The van der Waals surface area contributed by atoms with Gasteiger partial charge in [-0.05, 0) is 25.3 Å². The molecule has 0 atom stereocenters. The summed E-state index contributed by atoms with van der Waals surface area (Å²) in [7, 11) is 0. The highest BCUT2D eigenvalue weighted by atomic mass is 32.1. The predicted molar refractivity (Wildman–Crippen MR) is 78.1 cm³/mol. The van der Waals surface area contributed by atoms with E-state index in [1.54, 1.807) is 18.3 Å². The Morgan fingerprint density at radius 2 is 2.20 bits per heavy atom. The molecule has 20 heavy (non-hydrogen) atoms. The first-order chi connectivity index (χ1) is 9.45. The number of carbonyl (C=O) groups excluding carboxylic acids is 1. The molecule has 0 saturated heterocycles. The van der Waals surface area contributed by atoms with Crippen molar-refractivity contribution in [3.63, 3.8) is 0 Å². The van der Waals surface area contributed by atoms with Crippen molar-refractivity contribution in [3.8, 4) is 0 Å². The number of hydrogen-bond acceptors (Lipinski definition) is 5. The average Bonchev–Trinajstić information content (AvgIpc) is 3.01. The van der Waals surface area contributed by atoms with Gasteiger partial charge in [0.1, 0.15) is 5.82 Å². The van der Waals surface area contributed by atoms with Gasteiger partial charge in [0.15, 0.2) is 0 Å². The number of aromatic nitrogens is 3. The molecule has 2 heterocycles. The molecule has 0 spiro atoms. The Kier molecular flexibility index (Phi) is 4.23. The average molecular weight is 293 g/mol. The van der Waals surface area contributed by atoms with Gasteiger partial charge in [0.05, 0.1) is 6.61 Å². The number of hydrogen-bond donors (Lipinski definition) is 0. The summed E-state index contributed by atoms with van der Waals surface area (Å²) < 4.78 is 6.86. The highest BCUT2D eigenvalue weighted by Crippen LogP contribution is 2.29. The van der Waals surface area contributed by atoms with E-state index in [9.17, 15) is 4.79 Å². The summed E-state index contributed by atoms with van der Waals surface area (Å²) in [4.78, 5) is 13.2. The Bertz CT molecular complexity index is 588. The third-order valence-electron chi connectivity index (χ3n) is 3.14. The Hall–Kier alpha value is -1.69. The van der Waals surface area contributed by atoms with Gasteiger partial charge in [0.25, 0.3) is 0 Å². The summed E-state index contributed by atoms with van der Waals surface area (Å²) in [5, 5.41) is 10.0. The summed E-state index contributed by atoms with van der Waals surface area (Å²) in [6.07, 6.45) is 0. The van der Waals surface area contributed by atoms with Gasteiger partial charge in [-0.3, -0.25) is 0 Å². The van der Waals surface area contributed by atoms with Crippen molar-refractivity contribution in [2.24, 2.45) is 0 Å². The molecule has 6 heteroatoms. The molecule has 0 aliphatic carbocycles. The van der Waals surface area contributed by atoms with Gasteiger partial charge in [0, 0.05) is 16.8 Å². The fourth-order valence-electron chi connectivity index (χ4n) is 2.05. The van der Waals surface area contributed by atoms with Gasteiger partial charge in [-0.1, -0.05) is 19.9 Å². The van der Waals surface area contributed by atoms with Gasteiger partial charge < -0.3 is 9.30 Å². The number of thiophene rings is 1. The molecule has 0 fully saturated rings. The molecule has 0 radical (unpaired) electrons. The second kappa shape index (κ2) is 5.75. The second-order valence-electron chi connectivity index (χ2n) is 5.24. The maximum Gasteiger partial charge on any atom is 0.376 e. The molecule has 0 saturated carbocycles. The highest BCUT2D eigenvalue weighted by molar-refractivity contribution is 7.10. The smallest absolute Gasteiger partial charge is 0.376 e. The maximum atomic E-state index is 11.9. The molecule has 0 aliphatic rings. The summed E-state index contributed by atoms with van der Waals surface area (Å²) in [6.45, 7) is 8.89. The topological polar surface area (TPSA) is 57.0 Å². The van der Waals surface area contributed by atoms with Crippen LogP contribution < -0.4 is 0 Å². The minimum Gasteiger partial charge on any atom is -0.460 e. The van der Waals surface area contributed by atoms with Crippen molar-refractivity contribution in [1.82, 2.24) is 14.8 Å². The molecule has 0 aromatic carbocycles. The van der Waals surface area contributed by atoms with Gasteiger partial charge >= 0.3 is 5.97 Å². The van der Waals surface area contributed by atoms with Crippen LogP contribution in [0.3, 0.4) is 0 Å². The van der Waals surface area contributed by atoms with E-state index in [4.69, 9.17) is 4.74 Å². The highest BCUT2D eigenvalue weighted by Gasteiger charge is 2.27. The molecule has 2 aromatic rings. The van der Waals surface area contributed by atoms with E-state index in [2.05, 4.69) is 35.5 Å². The fraction of sp³-hybridized carbons (Fsp3) is 0.500. The fourth-order valence-corrected chi connectivity index (χ4v) is 2.90. The molecule has 2 rings (SSSR count). The third-order valence-corrected chi connectivity index (χ3v) is 4.37. The summed E-state index contributed by atoms with van der Waals surface area (Å²) in [6, 6.07) is 4.14. The van der Waals surface area contributed by atoms with Crippen LogP contribution in [0.5, 0.6) is 0 Å². The van der Waals surface area contributed by atoms with Crippen LogP contribution in [-0.2, 0) is 16.7 Å². The zero-order valence-electron chi connectivity index (χ0n) is 12.2. The molecule has 0 N–H and O–H groups in total. The largest absolute Gasteiger partial charge is 0.460 e. The first-order valence-corrected chi connectivity index (χ1v) is 7.44. The maximum absolute atomic E-state index is 11.9. The predicted octanol–water partition coefficient (Wildman–Crippen LogP) is 2.80. The van der Waals surface area contributed by atoms with Gasteiger partial charge in [-0.15, -0.1) is 21.5 Å². The molecular formula is C14H19N3O2S. The number of nitrogens with zero attached hydrogens (tertiary/aromatic N) is 3. The van der Waals surface area contributed by atoms with Crippen molar-refractivity contribution in [2.75, 3.05) is 6.61 Å². The SMILES string of the molecule is CCOC(=O)c1nnc(C)n1CC(C)(C)c1cccs1. The number of carbonyl (C=O) groups is 1. The van der Waals surface area contributed by atoms with Crippen LogP contribution in [0.4, 0.5) is 0 Å². The van der Waals surface area contributed by atoms with Gasteiger partial charge in [-0.25, -0.2) is 4.79 Å². The van der Waals surface area contributed by atoms with E-state index in [-0.39, 0.29) is 11.2 Å². The van der Waals surface area contributed by atoms with E-state index in [0.717, 1.165) is 5.82 Å². The number of esters is 1. The van der Waals surface area contributed by atoms with E-state index >= 15 is 0 Å². The van der Waals surface area contributed by atoms with E-state index in [1.807, 2.05) is 17.6 Å². The van der Waals surface area contributed by atoms with Crippen LogP contribution in [0.25, 0.3) is 0 Å². The lowest BCUT2D eigenvalue weighted by molar-refractivity contribution is 0.0504. The lowest BCUT2D eigenvalue weighted by Gasteiger charge is -2.24. The lowest BCUT2D eigenvalue weighted by Crippen LogP contribution is -2.27. The standard InChI is InChI=1S/C14H19N3O2S/c1-5-19-13(18)12-16-15-10(2)17(12)9-14(3,4)11-7-6-8-20-11/h6-8H,5,9H2,1-4H3. The summed E-state index contributed by atoms with van der Waals surface area (Å²) in [5.74, 6) is 0.571. The molecule has 0 amide bonds. The van der Waals surface area contributed by atoms with E-state index in [1.165, 1.54) is 4.88 Å². The van der Waals surface area contributed by atoms with Crippen molar-refractivity contribution in [3.05, 3.63) is 34.0 Å². The molecule has 108 valence electrons. The van der Waals surface area contributed by atoms with Crippen LogP contribution >= 0.6 is 11.3 Å². The Morgan fingerprint density at radius 3 is 2.80 bits per heavy atom. The monoisotopic (exact) mass is 293 g/mol. The molecule has 5 nitrogen and oxygen atoms in total. The molecular weight excluding hydrogens is 274 g/mol. The van der Waals surface area contributed by atoms with Gasteiger partial charge in [0.2, 0.25) is 5.82 Å². The molecule has 0 unspecified atom stereocenters. The first kappa shape index (κ1) is 14.7. The van der Waals surface area contributed by atoms with Crippen LogP contribution in [0.2, 0.25) is 0 Å². The van der Waals surface area contributed by atoms with E-state index in [0.29, 0.717) is 13.2 Å². The summed E-state index contributed by atoms with van der Waals surface area (Å²) >= 11 is 1.71. The van der Waals surface area contributed by atoms with E-state index < -0.39 is 5.97 Å². The van der Waals surface area contributed by atoms with Gasteiger partial charge in [-0.2, -0.15) is 0 Å². The number of ether oxygens (including phenoxy) is 1. The molecule has 2 aromatic heterocycles. The first-order valence-electron chi connectivity index (χ1n) is 6.56. The third kappa shape index (κ3) is 2.90. The molecule has 0 bridgehead atoms. The van der Waals surface area contributed by atoms with Crippen LogP contribution in [0.1, 0.15) is 42.1 Å². The lowest BCUT2D eigenvalue weighted by atomic mass is 9.91. The quantitative estimate of drug-likeness (QED) is 0.795. The molecule has 0 aliphatic heterocycles. The van der Waals surface area contributed by atoms with Crippen LogP contribution in [0.15, 0.2) is 17.5 Å². The zero-order valence-corrected chi connectivity index (χ0v) is 13.0. The summed E-state index contributed by atoms with van der Waals surface area (Å²) in [5.41, 5.74) is -0.0947. The minimum atomic E-state index is -0.421. The zero-order chi connectivity index (χ0) is 14.8. The number of rotatable bonds is 5. The van der Waals surface area contributed by atoms with Crippen LogP contribution in [0, 0.1) is 6.92 Å². The minimum absolute atomic E-state index is 0.0947. The van der Waals surface area contributed by atoms with Crippen LogP contribution in [-0.4, -0.2) is 27.3 Å². The Morgan fingerprint density at radius 1 is 1.45 bits per heavy atom. The van der Waals surface area contributed by atoms with Crippen molar-refractivity contribution in [1.29, 1.82) is 0 Å². The normalized spacial score (nSPS) is 11.6. The van der Waals surface area contributed by atoms with Crippen molar-refractivity contribution in [2.45, 2.75) is 39.7 Å². The number of aryl methyl sites for hydroxylation is 1. The van der Waals surface area contributed by atoms with Crippen molar-refractivity contribution >= 4 is 17.3 Å². The van der Waals surface area contributed by atoms with Crippen molar-refractivity contribution < 1.29 is 9.53 Å². The second-order valence-corrected chi connectivity index (χ2v) is 6.19.